The Morgan fingerprint density at radius 3 is 2.82 bits per heavy atom. The van der Waals surface area contributed by atoms with Gasteiger partial charge in [-0.15, -0.1) is 0 Å². The Kier molecular flexibility index (Phi) is 3.61. The predicted octanol–water partition coefficient (Wildman–Crippen LogP) is 2.73. The highest BCUT2D eigenvalue weighted by molar-refractivity contribution is 6.42. The number of benzene rings is 1. The van der Waals surface area contributed by atoms with Crippen molar-refractivity contribution in [2.75, 3.05) is 7.11 Å². The molecular weight excluding hydrogens is 261 g/mol. The zero-order chi connectivity index (χ0) is 12.6. The molecule has 1 aliphatic carbocycles. The van der Waals surface area contributed by atoms with Gasteiger partial charge in [0.05, 0.1) is 23.1 Å². The van der Waals surface area contributed by atoms with E-state index in [-0.39, 0.29) is 17.9 Å². The van der Waals surface area contributed by atoms with Gasteiger partial charge in [0.1, 0.15) is 0 Å². The van der Waals surface area contributed by atoms with Gasteiger partial charge in [0, 0.05) is 6.04 Å². The standard InChI is InChI=1S/C12H13Cl2NO2/c1-17-12(16)6-4-8-7(10(15)5-6)2-3-9(13)11(8)14/h2-3,6,10H,4-5,15H2,1H3. The molecule has 0 saturated carbocycles. The summed E-state index contributed by atoms with van der Waals surface area (Å²) in [6.45, 7) is 0. The molecule has 1 aliphatic rings. The van der Waals surface area contributed by atoms with Crippen molar-refractivity contribution in [1.82, 2.24) is 0 Å². The van der Waals surface area contributed by atoms with Crippen molar-refractivity contribution >= 4 is 29.2 Å². The first-order valence-electron chi connectivity index (χ1n) is 5.34. The molecule has 0 saturated heterocycles. The molecule has 3 nitrogen and oxygen atoms in total. The van der Waals surface area contributed by atoms with E-state index >= 15 is 0 Å². The largest absolute Gasteiger partial charge is 0.469 e. The Labute approximate surface area is 110 Å². The van der Waals surface area contributed by atoms with E-state index in [0.29, 0.717) is 22.9 Å². The molecule has 2 unspecified atom stereocenters. The highest BCUT2D eigenvalue weighted by Crippen LogP contribution is 2.39. The third kappa shape index (κ3) is 2.28. The van der Waals surface area contributed by atoms with Crippen LogP contribution in [0.3, 0.4) is 0 Å². The molecule has 2 N–H and O–H groups in total. The lowest BCUT2D eigenvalue weighted by Gasteiger charge is -2.28. The zero-order valence-corrected chi connectivity index (χ0v) is 10.9. The van der Waals surface area contributed by atoms with Crippen LogP contribution in [0.5, 0.6) is 0 Å². The summed E-state index contributed by atoms with van der Waals surface area (Å²) in [5.74, 6) is -0.486. The fourth-order valence-corrected chi connectivity index (χ4v) is 2.70. The van der Waals surface area contributed by atoms with E-state index in [0.717, 1.165) is 11.1 Å². The minimum atomic E-state index is -0.248. The number of rotatable bonds is 1. The van der Waals surface area contributed by atoms with Crippen LogP contribution in [0, 0.1) is 5.92 Å². The van der Waals surface area contributed by atoms with Crippen LogP contribution in [0.4, 0.5) is 0 Å². The number of methoxy groups -OCH3 is 1. The lowest BCUT2D eigenvalue weighted by Crippen LogP contribution is -2.30. The van der Waals surface area contributed by atoms with Crippen molar-refractivity contribution in [2.24, 2.45) is 11.7 Å². The lowest BCUT2D eigenvalue weighted by molar-refractivity contribution is -0.146. The molecule has 1 aromatic rings. The Hall–Kier alpha value is -0.770. The first-order valence-corrected chi connectivity index (χ1v) is 6.10. The van der Waals surface area contributed by atoms with Gasteiger partial charge in [-0.25, -0.2) is 0 Å². The monoisotopic (exact) mass is 273 g/mol. The summed E-state index contributed by atoms with van der Waals surface area (Å²) in [6.07, 6.45) is 1.12. The molecule has 0 aromatic heterocycles. The van der Waals surface area contributed by atoms with Crippen molar-refractivity contribution in [2.45, 2.75) is 18.9 Å². The topological polar surface area (TPSA) is 52.3 Å². The number of fused-ring (bicyclic) bond motifs is 1. The van der Waals surface area contributed by atoms with Crippen LogP contribution in [0.1, 0.15) is 23.6 Å². The van der Waals surface area contributed by atoms with Crippen molar-refractivity contribution in [1.29, 1.82) is 0 Å². The number of carbonyl (C=O) groups is 1. The van der Waals surface area contributed by atoms with Crippen LogP contribution < -0.4 is 5.73 Å². The fraction of sp³-hybridized carbons (Fsp3) is 0.417. The maximum absolute atomic E-state index is 11.6. The molecule has 92 valence electrons. The van der Waals surface area contributed by atoms with E-state index in [9.17, 15) is 4.79 Å². The lowest BCUT2D eigenvalue weighted by atomic mass is 9.81. The van der Waals surface area contributed by atoms with Crippen LogP contribution in [-0.4, -0.2) is 13.1 Å². The average molecular weight is 274 g/mol. The Morgan fingerprint density at radius 2 is 2.18 bits per heavy atom. The van der Waals surface area contributed by atoms with Crippen molar-refractivity contribution in [3.8, 4) is 0 Å². The maximum Gasteiger partial charge on any atom is 0.309 e. The van der Waals surface area contributed by atoms with Crippen molar-refractivity contribution in [3.63, 3.8) is 0 Å². The Balaban J connectivity index is 2.40. The van der Waals surface area contributed by atoms with Crippen molar-refractivity contribution in [3.05, 3.63) is 33.3 Å². The fourth-order valence-electron chi connectivity index (χ4n) is 2.27. The van der Waals surface area contributed by atoms with Gasteiger partial charge >= 0.3 is 5.97 Å². The van der Waals surface area contributed by atoms with E-state index in [1.165, 1.54) is 7.11 Å². The van der Waals surface area contributed by atoms with Crippen LogP contribution in [0.2, 0.25) is 10.0 Å². The second kappa shape index (κ2) is 4.84. The van der Waals surface area contributed by atoms with E-state index < -0.39 is 0 Å². The summed E-state index contributed by atoms with van der Waals surface area (Å²) in [5, 5.41) is 0.983. The number of nitrogens with two attached hydrogens (primary N) is 1. The summed E-state index contributed by atoms with van der Waals surface area (Å²) >= 11 is 12.1. The Bertz CT molecular complexity index is 462. The maximum atomic E-state index is 11.6. The van der Waals surface area contributed by atoms with Crippen LogP contribution in [0.25, 0.3) is 0 Å². The molecule has 0 aliphatic heterocycles. The van der Waals surface area contributed by atoms with E-state index in [4.69, 9.17) is 33.7 Å². The SMILES string of the molecule is COC(=O)C1Cc2c(ccc(Cl)c2Cl)C(N)C1. The summed E-state index contributed by atoms with van der Waals surface area (Å²) in [4.78, 5) is 11.6. The average Bonchev–Trinajstić information content (AvgIpc) is 2.33. The predicted molar refractivity (Wildman–Crippen MR) is 67.2 cm³/mol. The molecule has 5 heteroatoms. The molecule has 17 heavy (non-hydrogen) atoms. The van der Waals surface area contributed by atoms with E-state index in [1.54, 1.807) is 6.07 Å². The van der Waals surface area contributed by atoms with E-state index in [2.05, 4.69) is 0 Å². The summed E-state index contributed by atoms with van der Waals surface area (Å²) in [7, 11) is 1.38. The second-order valence-electron chi connectivity index (χ2n) is 4.20. The number of ether oxygens (including phenoxy) is 1. The number of carbonyl (C=O) groups excluding carboxylic acids is 1. The molecule has 2 rings (SSSR count). The molecule has 0 bridgehead atoms. The van der Waals surface area contributed by atoms with Crippen LogP contribution in [-0.2, 0) is 16.0 Å². The van der Waals surface area contributed by atoms with Gasteiger partial charge in [-0.1, -0.05) is 29.3 Å². The van der Waals surface area contributed by atoms with Gasteiger partial charge in [0.25, 0.3) is 0 Å². The molecule has 0 amide bonds. The number of esters is 1. The Morgan fingerprint density at radius 1 is 1.47 bits per heavy atom. The molecular formula is C12H13Cl2NO2. The minimum absolute atomic E-state index is 0.197. The minimum Gasteiger partial charge on any atom is -0.469 e. The molecule has 0 fully saturated rings. The third-order valence-corrected chi connectivity index (χ3v) is 4.00. The number of hydrogen-bond donors (Lipinski definition) is 1. The zero-order valence-electron chi connectivity index (χ0n) is 9.37. The number of hydrogen-bond acceptors (Lipinski definition) is 3. The molecule has 0 heterocycles. The number of halogens is 2. The van der Waals surface area contributed by atoms with Crippen LogP contribution in [0.15, 0.2) is 12.1 Å². The summed E-state index contributed by atoms with van der Waals surface area (Å²) in [5.41, 5.74) is 7.88. The smallest absolute Gasteiger partial charge is 0.309 e. The van der Waals surface area contributed by atoms with Gasteiger partial charge in [0.2, 0.25) is 0 Å². The normalized spacial score (nSPS) is 23.1. The van der Waals surface area contributed by atoms with Crippen molar-refractivity contribution < 1.29 is 9.53 Å². The molecule has 2 atom stereocenters. The van der Waals surface area contributed by atoms with Gasteiger partial charge in [-0.2, -0.15) is 0 Å². The molecule has 0 radical (unpaired) electrons. The van der Waals surface area contributed by atoms with Gasteiger partial charge in [0.15, 0.2) is 0 Å². The first-order chi connectivity index (χ1) is 8.04. The van der Waals surface area contributed by atoms with E-state index in [1.807, 2.05) is 6.07 Å². The summed E-state index contributed by atoms with van der Waals surface area (Å²) in [6, 6.07) is 3.42. The first kappa shape index (κ1) is 12.7. The third-order valence-electron chi connectivity index (χ3n) is 3.16. The molecule has 0 spiro atoms. The quantitative estimate of drug-likeness (QED) is 0.801. The van der Waals surface area contributed by atoms with Gasteiger partial charge in [-0.05, 0) is 30.0 Å². The highest BCUT2D eigenvalue weighted by Gasteiger charge is 2.31. The van der Waals surface area contributed by atoms with Gasteiger partial charge < -0.3 is 10.5 Å². The highest BCUT2D eigenvalue weighted by atomic mass is 35.5. The van der Waals surface area contributed by atoms with Gasteiger partial charge in [-0.3, -0.25) is 4.79 Å². The molecule has 1 aromatic carbocycles. The van der Waals surface area contributed by atoms with Crippen LogP contribution >= 0.6 is 23.2 Å². The second-order valence-corrected chi connectivity index (χ2v) is 4.98. The summed E-state index contributed by atoms with van der Waals surface area (Å²) < 4.78 is 4.75.